The molecular formula is C31H40O5Si. The summed E-state index contributed by atoms with van der Waals surface area (Å²) in [6, 6.07) is 29.2. The summed E-state index contributed by atoms with van der Waals surface area (Å²) in [6.07, 6.45) is 0.940. The van der Waals surface area contributed by atoms with Gasteiger partial charge in [-0.15, -0.1) is 0 Å². The van der Waals surface area contributed by atoms with E-state index in [4.69, 9.17) is 18.6 Å². The number of methoxy groups -OCH3 is 1. The highest BCUT2D eigenvalue weighted by Gasteiger charge is 2.50. The summed E-state index contributed by atoms with van der Waals surface area (Å²) in [6.45, 7) is 7.94. The summed E-state index contributed by atoms with van der Waals surface area (Å²) in [7, 11) is -0.940. The molecule has 1 saturated heterocycles. The van der Waals surface area contributed by atoms with E-state index in [2.05, 4.69) is 81.4 Å². The van der Waals surface area contributed by atoms with E-state index in [1.807, 2.05) is 24.3 Å². The SMILES string of the molecule is COc1ccc(COC2C[C@H](CO)[C@H](CCO[Si](c3ccccc3)(c3ccccc3)C(C)(C)C)O2)cc1. The molecular weight excluding hydrogens is 480 g/mol. The molecule has 3 aromatic carbocycles. The number of rotatable bonds is 11. The molecule has 4 rings (SSSR count). The number of hydrogen-bond acceptors (Lipinski definition) is 5. The van der Waals surface area contributed by atoms with Gasteiger partial charge in [-0.2, -0.15) is 0 Å². The van der Waals surface area contributed by atoms with Crippen molar-refractivity contribution in [1.29, 1.82) is 0 Å². The van der Waals surface area contributed by atoms with Crippen molar-refractivity contribution in [3.05, 3.63) is 90.5 Å². The Kier molecular flexibility index (Phi) is 9.21. The Morgan fingerprint density at radius 3 is 2.00 bits per heavy atom. The Morgan fingerprint density at radius 2 is 1.49 bits per heavy atom. The van der Waals surface area contributed by atoms with Crippen LogP contribution in [-0.4, -0.2) is 46.1 Å². The van der Waals surface area contributed by atoms with Crippen LogP contribution in [0.3, 0.4) is 0 Å². The van der Waals surface area contributed by atoms with Gasteiger partial charge in [-0.3, -0.25) is 0 Å². The van der Waals surface area contributed by atoms with Crippen molar-refractivity contribution < 1.29 is 23.7 Å². The third-order valence-corrected chi connectivity index (χ3v) is 12.4. The second kappa shape index (κ2) is 12.4. The highest BCUT2D eigenvalue weighted by Crippen LogP contribution is 2.37. The van der Waals surface area contributed by atoms with Crippen LogP contribution in [-0.2, 0) is 20.5 Å². The first-order chi connectivity index (χ1) is 17.9. The van der Waals surface area contributed by atoms with Gasteiger partial charge in [-0.25, -0.2) is 0 Å². The van der Waals surface area contributed by atoms with Crippen molar-refractivity contribution in [2.75, 3.05) is 20.3 Å². The maximum Gasteiger partial charge on any atom is 0.261 e. The number of hydrogen-bond donors (Lipinski definition) is 1. The number of aliphatic hydroxyl groups is 1. The molecule has 0 saturated carbocycles. The molecule has 3 aromatic rings. The van der Waals surface area contributed by atoms with E-state index in [1.54, 1.807) is 7.11 Å². The topological polar surface area (TPSA) is 57.2 Å². The second-order valence-electron chi connectivity index (χ2n) is 10.7. The van der Waals surface area contributed by atoms with Crippen LogP contribution in [0, 0.1) is 5.92 Å². The first-order valence-corrected chi connectivity index (χ1v) is 15.0. The molecule has 0 radical (unpaired) electrons. The Balaban J connectivity index is 1.44. The van der Waals surface area contributed by atoms with Gasteiger partial charge < -0.3 is 23.7 Å². The average molecular weight is 521 g/mol. The number of benzene rings is 3. The van der Waals surface area contributed by atoms with Gasteiger partial charge in [0.1, 0.15) is 5.75 Å². The molecule has 0 aromatic heterocycles. The zero-order valence-electron chi connectivity index (χ0n) is 22.4. The maximum atomic E-state index is 10.1. The van der Waals surface area contributed by atoms with Gasteiger partial charge in [0.25, 0.3) is 8.32 Å². The van der Waals surface area contributed by atoms with Crippen LogP contribution in [0.25, 0.3) is 0 Å². The maximum absolute atomic E-state index is 10.1. The highest BCUT2D eigenvalue weighted by molar-refractivity contribution is 6.99. The van der Waals surface area contributed by atoms with Crippen molar-refractivity contribution in [2.24, 2.45) is 5.92 Å². The smallest absolute Gasteiger partial charge is 0.261 e. The van der Waals surface area contributed by atoms with E-state index >= 15 is 0 Å². The fraction of sp³-hybridized carbons (Fsp3) is 0.419. The Labute approximate surface area is 222 Å². The van der Waals surface area contributed by atoms with Crippen LogP contribution >= 0.6 is 0 Å². The molecule has 0 aliphatic carbocycles. The van der Waals surface area contributed by atoms with E-state index in [0.29, 0.717) is 26.1 Å². The van der Waals surface area contributed by atoms with Crippen molar-refractivity contribution in [3.63, 3.8) is 0 Å². The Bertz CT molecular complexity index is 1040. The molecule has 0 spiro atoms. The van der Waals surface area contributed by atoms with Gasteiger partial charge in [0.2, 0.25) is 0 Å². The highest BCUT2D eigenvalue weighted by atomic mass is 28.4. The van der Waals surface area contributed by atoms with E-state index in [9.17, 15) is 5.11 Å². The predicted molar refractivity (Wildman–Crippen MR) is 150 cm³/mol. The lowest BCUT2D eigenvalue weighted by atomic mass is 10.0. The van der Waals surface area contributed by atoms with Crippen LogP contribution in [0.5, 0.6) is 5.75 Å². The van der Waals surface area contributed by atoms with E-state index in [1.165, 1.54) is 10.4 Å². The fourth-order valence-electron chi connectivity index (χ4n) is 5.36. The predicted octanol–water partition coefficient (Wildman–Crippen LogP) is 4.90. The van der Waals surface area contributed by atoms with Gasteiger partial charge in [0, 0.05) is 25.6 Å². The normalized spacial score (nSPS) is 20.2. The van der Waals surface area contributed by atoms with Gasteiger partial charge in [0.05, 0.1) is 19.8 Å². The van der Waals surface area contributed by atoms with Crippen LogP contribution in [0.1, 0.15) is 39.2 Å². The van der Waals surface area contributed by atoms with Gasteiger partial charge in [-0.05, 0) is 39.5 Å². The van der Waals surface area contributed by atoms with Crippen LogP contribution in [0.15, 0.2) is 84.9 Å². The van der Waals surface area contributed by atoms with Crippen LogP contribution in [0.4, 0.5) is 0 Å². The summed E-state index contributed by atoms with van der Waals surface area (Å²) < 4.78 is 24.6. The largest absolute Gasteiger partial charge is 0.497 e. The zero-order chi connectivity index (χ0) is 26.3. The van der Waals surface area contributed by atoms with Gasteiger partial charge in [0.15, 0.2) is 6.29 Å². The molecule has 3 atom stereocenters. The summed E-state index contributed by atoms with van der Waals surface area (Å²) in [4.78, 5) is 0. The number of aliphatic hydroxyl groups excluding tert-OH is 1. The fourth-order valence-corrected chi connectivity index (χ4v) is 9.94. The van der Waals surface area contributed by atoms with Crippen molar-refractivity contribution in [1.82, 2.24) is 0 Å². The lowest BCUT2D eigenvalue weighted by Crippen LogP contribution is -2.66. The van der Waals surface area contributed by atoms with E-state index < -0.39 is 8.32 Å². The molecule has 1 heterocycles. The minimum Gasteiger partial charge on any atom is -0.497 e. The second-order valence-corrected chi connectivity index (χ2v) is 15.0. The summed E-state index contributed by atoms with van der Waals surface area (Å²) in [5.41, 5.74) is 1.06. The minimum absolute atomic E-state index is 0.0311. The third-order valence-electron chi connectivity index (χ3n) is 7.31. The molecule has 1 aliphatic rings. The average Bonchev–Trinajstić information content (AvgIpc) is 3.32. The van der Waals surface area contributed by atoms with Crippen molar-refractivity contribution in [2.45, 2.75) is 57.7 Å². The first-order valence-electron chi connectivity index (χ1n) is 13.1. The molecule has 5 nitrogen and oxygen atoms in total. The molecule has 0 amide bonds. The zero-order valence-corrected chi connectivity index (χ0v) is 23.4. The molecule has 37 heavy (non-hydrogen) atoms. The number of ether oxygens (including phenoxy) is 3. The quantitative estimate of drug-likeness (QED) is 0.365. The lowest BCUT2D eigenvalue weighted by Gasteiger charge is -2.43. The Morgan fingerprint density at radius 1 is 0.892 bits per heavy atom. The summed E-state index contributed by atoms with van der Waals surface area (Å²) >= 11 is 0. The lowest BCUT2D eigenvalue weighted by molar-refractivity contribution is -0.143. The van der Waals surface area contributed by atoms with Crippen LogP contribution < -0.4 is 15.1 Å². The molecule has 198 valence electrons. The molecule has 1 N–H and O–H groups in total. The van der Waals surface area contributed by atoms with Gasteiger partial charge in [-0.1, -0.05) is 93.6 Å². The molecule has 1 unspecified atom stereocenters. The van der Waals surface area contributed by atoms with Crippen molar-refractivity contribution in [3.8, 4) is 5.75 Å². The third kappa shape index (κ3) is 6.33. The molecule has 1 fully saturated rings. The molecule has 0 bridgehead atoms. The molecule has 1 aliphatic heterocycles. The standard InChI is InChI=1S/C31H40O5Si/c1-31(2,3)37(27-11-7-5-8-12-27,28-13-9-6-10-14-28)35-20-19-29-25(22-32)21-30(36-29)34-23-24-15-17-26(33-4)18-16-24/h5-18,25,29-30,32H,19-23H2,1-4H3/t25-,29+,30?/m1/s1. The van der Waals surface area contributed by atoms with Crippen LogP contribution in [0.2, 0.25) is 5.04 Å². The van der Waals surface area contributed by atoms with E-state index in [-0.39, 0.29) is 30.0 Å². The monoisotopic (exact) mass is 520 g/mol. The first kappa shape index (κ1) is 27.5. The minimum atomic E-state index is -2.60. The van der Waals surface area contributed by atoms with E-state index in [0.717, 1.165) is 11.3 Å². The van der Waals surface area contributed by atoms with Crippen molar-refractivity contribution >= 4 is 18.7 Å². The summed E-state index contributed by atoms with van der Waals surface area (Å²) in [5, 5.41) is 12.5. The molecule has 6 heteroatoms. The summed E-state index contributed by atoms with van der Waals surface area (Å²) in [5.74, 6) is 0.853. The Hall–Kier alpha value is -2.48. The van der Waals surface area contributed by atoms with Gasteiger partial charge >= 0.3 is 0 Å².